The highest BCUT2D eigenvalue weighted by atomic mass is 79.9. The summed E-state index contributed by atoms with van der Waals surface area (Å²) in [5.74, 6) is 0.138. The van der Waals surface area contributed by atoms with Crippen molar-refractivity contribution in [1.82, 2.24) is 4.98 Å². The van der Waals surface area contributed by atoms with Crippen molar-refractivity contribution < 1.29 is 13.9 Å². The third kappa shape index (κ3) is 2.41. The van der Waals surface area contributed by atoms with Crippen LogP contribution in [0.25, 0.3) is 10.9 Å². The van der Waals surface area contributed by atoms with E-state index in [9.17, 15) is 9.18 Å². The second-order valence-corrected chi connectivity index (χ2v) is 8.26. The average molecular weight is 407 g/mol. The minimum Gasteiger partial charge on any atom is -0.379 e. The number of hydrogen-bond donors (Lipinski definition) is 0. The van der Waals surface area contributed by atoms with Crippen LogP contribution in [0.5, 0.6) is 0 Å². The Bertz CT molecular complexity index is 877. The Kier molecular flexibility index (Phi) is 3.88. The highest BCUT2D eigenvalue weighted by Gasteiger charge is 2.58. The van der Waals surface area contributed by atoms with Crippen molar-refractivity contribution in [2.24, 2.45) is 5.92 Å². The summed E-state index contributed by atoms with van der Waals surface area (Å²) >= 11 is 3.26. The Morgan fingerprint density at radius 2 is 2.16 bits per heavy atom. The van der Waals surface area contributed by atoms with E-state index >= 15 is 0 Å². The molecule has 1 aliphatic heterocycles. The minimum absolute atomic E-state index is 0.109. The zero-order valence-corrected chi connectivity index (χ0v) is 16.1. The molecule has 1 amide bonds. The molecule has 1 saturated carbocycles. The van der Waals surface area contributed by atoms with Gasteiger partial charge in [-0.2, -0.15) is 0 Å². The van der Waals surface area contributed by atoms with Crippen LogP contribution in [-0.4, -0.2) is 30.6 Å². The number of halogens is 2. The van der Waals surface area contributed by atoms with Crippen LogP contribution < -0.4 is 4.90 Å². The van der Waals surface area contributed by atoms with Gasteiger partial charge >= 0.3 is 0 Å². The fourth-order valence-electron chi connectivity index (χ4n) is 4.22. The lowest BCUT2D eigenvalue weighted by molar-refractivity contribution is -0.129. The Balaban J connectivity index is 1.79. The lowest BCUT2D eigenvalue weighted by Crippen LogP contribution is -2.50. The van der Waals surface area contributed by atoms with Crippen LogP contribution in [0, 0.1) is 11.7 Å². The molecular formula is C19H20BrFN2O2. The van der Waals surface area contributed by atoms with Crippen LogP contribution in [0.1, 0.15) is 32.3 Å². The van der Waals surface area contributed by atoms with Crippen LogP contribution in [0.2, 0.25) is 0 Å². The zero-order valence-electron chi connectivity index (χ0n) is 14.5. The molecule has 0 saturated heterocycles. The maximum absolute atomic E-state index is 13.9. The first kappa shape index (κ1) is 16.9. The van der Waals surface area contributed by atoms with Gasteiger partial charge in [-0.05, 0) is 54.6 Å². The normalized spacial score (nSPS) is 25.1. The molecule has 0 unspecified atom stereocenters. The first-order chi connectivity index (χ1) is 11.8. The van der Waals surface area contributed by atoms with Crippen molar-refractivity contribution in [3.8, 4) is 0 Å². The first-order valence-electron chi connectivity index (χ1n) is 8.51. The molecule has 1 aromatic carbocycles. The van der Waals surface area contributed by atoms with E-state index in [2.05, 4.69) is 20.9 Å². The van der Waals surface area contributed by atoms with Crippen molar-refractivity contribution in [3.63, 3.8) is 0 Å². The predicted octanol–water partition coefficient (Wildman–Crippen LogP) is 4.19. The Hall–Kier alpha value is -1.53. The lowest BCUT2D eigenvalue weighted by atomic mass is 9.59. The van der Waals surface area contributed by atoms with Gasteiger partial charge in [0.2, 0.25) is 5.91 Å². The van der Waals surface area contributed by atoms with Gasteiger partial charge in [0.25, 0.3) is 0 Å². The number of fused-ring (bicyclic) bond motifs is 4. The Morgan fingerprint density at radius 1 is 1.44 bits per heavy atom. The van der Waals surface area contributed by atoms with E-state index in [1.54, 1.807) is 24.2 Å². The Labute approximate surface area is 154 Å². The van der Waals surface area contributed by atoms with Crippen molar-refractivity contribution in [2.75, 3.05) is 18.6 Å². The van der Waals surface area contributed by atoms with Gasteiger partial charge < -0.3 is 9.64 Å². The summed E-state index contributed by atoms with van der Waals surface area (Å²) in [5.41, 5.74) is 1.89. The van der Waals surface area contributed by atoms with E-state index in [4.69, 9.17) is 4.74 Å². The molecule has 1 fully saturated rings. The summed E-state index contributed by atoms with van der Waals surface area (Å²) in [4.78, 5) is 19.1. The molecule has 0 bridgehead atoms. The zero-order chi connectivity index (χ0) is 17.9. The van der Waals surface area contributed by atoms with E-state index in [0.717, 1.165) is 29.5 Å². The van der Waals surface area contributed by atoms with Crippen LogP contribution in [-0.2, 0) is 14.9 Å². The van der Waals surface area contributed by atoms with Crippen molar-refractivity contribution >= 4 is 38.4 Å². The van der Waals surface area contributed by atoms with Gasteiger partial charge in [-0.1, -0.05) is 0 Å². The largest absolute Gasteiger partial charge is 0.379 e. The number of benzene rings is 1. The average Bonchev–Trinajstić information content (AvgIpc) is 2.75. The van der Waals surface area contributed by atoms with Crippen LogP contribution in [0.4, 0.5) is 10.1 Å². The quantitative estimate of drug-likeness (QED) is 0.767. The van der Waals surface area contributed by atoms with Crippen molar-refractivity contribution in [3.05, 3.63) is 34.2 Å². The minimum atomic E-state index is -0.520. The number of amides is 1. The number of rotatable bonds is 3. The van der Waals surface area contributed by atoms with Crippen molar-refractivity contribution in [2.45, 2.75) is 38.2 Å². The summed E-state index contributed by atoms with van der Waals surface area (Å²) < 4.78 is 20.0. The molecular weight excluding hydrogens is 387 g/mol. The molecule has 1 spiro atoms. The predicted molar refractivity (Wildman–Crippen MR) is 98.3 cm³/mol. The number of anilines is 1. The molecule has 4 nitrogen and oxygen atoms in total. The topological polar surface area (TPSA) is 42.4 Å². The standard InChI is InChI=1S/C19H20BrFN2O2/c1-10(2)25-9-11-6-19(7-11)17-12-4-13(20)14(21)5-15(12)22-8-16(17)23(3)18(19)24/h4-5,8,10-11H,6-7,9H2,1-3H3. The number of pyridine rings is 1. The highest BCUT2D eigenvalue weighted by Crippen LogP contribution is 2.57. The summed E-state index contributed by atoms with van der Waals surface area (Å²) in [6, 6.07) is 3.18. The van der Waals surface area contributed by atoms with Gasteiger partial charge in [0.1, 0.15) is 5.82 Å². The third-order valence-corrected chi connectivity index (χ3v) is 5.99. The number of carbonyl (C=O) groups excluding carboxylic acids is 1. The maximum Gasteiger partial charge on any atom is 0.237 e. The first-order valence-corrected chi connectivity index (χ1v) is 9.31. The van der Waals surface area contributed by atoms with E-state index < -0.39 is 5.41 Å². The molecule has 25 heavy (non-hydrogen) atoms. The van der Waals surface area contributed by atoms with Gasteiger partial charge in [0.15, 0.2) is 0 Å². The molecule has 132 valence electrons. The number of carbonyl (C=O) groups is 1. The molecule has 4 rings (SSSR count). The number of likely N-dealkylation sites (N-methyl/N-ethyl adjacent to an activating group) is 1. The number of ether oxygens (including phenoxy) is 1. The third-order valence-electron chi connectivity index (χ3n) is 5.38. The molecule has 0 atom stereocenters. The second kappa shape index (κ2) is 5.74. The lowest BCUT2D eigenvalue weighted by Gasteiger charge is -2.44. The summed E-state index contributed by atoms with van der Waals surface area (Å²) in [5, 5.41) is 0.853. The van der Waals surface area contributed by atoms with Crippen LogP contribution >= 0.6 is 15.9 Å². The van der Waals surface area contributed by atoms with Crippen LogP contribution in [0.3, 0.4) is 0 Å². The maximum atomic E-state index is 13.9. The fraction of sp³-hybridized carbons (Fsp3) is 0.474. The van der Waals surface area contributed by atoms with Gasteiger partial charge in [-0.3, -0.25) is 9.78 Å². The van der Waals surface area contributed by atoms with E-state index in [-0.39, 0.29) is 17.8 Å². The number of aromatic nitrogens is 1. The summed E-state index contributed by atoms with van der Waals surface area (Å²) in [6.07, 6.45) is 3.42. The highest BCUT2D eigenvalue weighted by molar-refractivity contribution is 9.10. The van der Waals surface area contributed by atoms with Crippen molar-refractivity contribution in [1.29, 1.82) is 0 Å². The molecule has 6 heteroatoms. The smallest absolute Gasteiger partial charge is 0.237 e. The molecule has 1 aromatic heterocycles. The summed E-state index contributed by atoms with van der Waals surface area (Å²) in [6.45, 7) is 4.71. The van der Waals surface area contributed by atoms with Gasteiger partial charge in [0, 0.05) is 30.7 Å². The van der Waals surface area contributed by atoms with Crippen LogP contribution in [0.15, 0.2) is 22.8 Å². The van der Waals surface area contributed by atoms with E-state index in [1.807, 2.05) is 13.8 Å². The Morgan fingerprint density at radius 3 is 2.84 bits per heavy atom. The molecule has 0 N–H and O–H groups in total. The van der Waals surface area contributed by atoms with Gasteiger partial charge in [0.05, 0.1) is 33.4 Å². The molecule has 1 aliphatic carbocycles. The summed E-state index contributed by atoms with van der Waals surface area (Å²) in [7, 11) is 1.79. The van der Waals surface area contributed by atoms with E-state index in [0.29, 0.717) is 22.5 Å². The molecule has 2 heterocycles. The second-order valence-electron chi connectivity index (χ2n) is 7.40. The SMILES string of the molecule is CC(C)OCC1CC2(C1)C(=O)N(C)c1cnc3cc(F)c(Br)cc3c12. The van der Waals surface area contributed by atoms with Gasteiger partial charge in [-0.15, -0.1) is 0 Å². The number of nitrogens with zero attached hydrogens (tertiary/aromatic N) is 2. The monoisotopic (exact) mass is 406 g/mol. The molecule has 2 aromatic rings. The molecule has 0 radical (unpaired) electrons. The fourth-order valence-corrected chi connectivity index (χ4v) is 4.57. The molecule has 2 aliphatic rings. The number of hydrogen-bond acceptors (Lipinski definition) is 3. The van der Waals surface area contributed by atoms with E-state index in [1.165, 1.54) is 6.07 Å². The van der Waals surface area contributed by atoms with Gasteiger partial charge in [-0.25, -0.2) is 4.39 Å².